The second kappa shape index (κ2) is 11.1. The van der Waals surface area contributed by atoms with Gasteiger partial charge in [-0.05, 0) is 74.0 Å². The Kier molecular flexibility index (Phi) is 8.18. The number of carbonyl (C=O) groups is 4. The zero-order chi connectivity index (χ0) is 25.6. The molecule has 0 bridgehead atoms. The van der Waals surface area contributed by atoms with Gasteiger partial charge < -0.3 is 19.5 Å². The van der Waals surface area contributed by atoms with Crippen molar-refractivity contribution in [3.05, 3.63) is 64.6 Å². The lowest BCUT2D eigenvalue weighted by Gasteiger charge is -2.22. The summed E-state index contributed by atoms with van der Waals surface area (Å²) in [4.78, 5) is 47.5. The van der Waals surface area contributed by atoms with Crippen LogP contribution in [0.2, 0.25) is 0 Å². The number of hydrogen-bond donors (Lipinski definition) is 2. The maximum Gasteiger partial charge on any atom is 0.408 e. The standard InChI is InChI=1S/C25H26N2O7S/c1-25(2,3)34-23(30)26-19(22(29)32-4)13-15-5-9-17(10-6-15)33-18-11-7-16(8-12-18)14-20-21(28)27-24(31)35-20/h5-12,14,19H,13H2,1-4H3,(H,26,30)(H,27,28,31)/b20-14-. The van der Waals surface area contributed by atoms with Crippen molar-refractivity contribution >= 4 is 41.0 Å². The molecule has 0 aliphatic carbocycles. The number of methoxy groups -OCH3 is 1. The van der Waals surface area contributed by atoms with Crippen LogP contribution >= 0.6 is 11.8 Å². The fraction of sp³-hybridized carbons (Fsp3) is 0.280. The third-order valence-electron chi connectivity index (χ3n) is 4.60. The minimum absolute atomic E-state index is 0.212. The van der Waals surface area contributed by atoms with E-state index in [4.69, 9.17) is 14.2 Å². The monoisotopic (exact) mass is 498 g/mol. The van der Waals surface area contributed by atoms with E-state index < -0.39 is 29.6 Å². The summed E-state index contributed by atoms with van der Waals surface area (Å²) < 4.78 is 15.9. The fourth-order valence-electron chi connectivity index (χ4n) is 3.06. The molecule has 1 aliphatic rings. The molecule has 0 radical (unpaired) electrons. The molecule has 1 fully saturated rings. The first-order chi connectivity index (χ1) is 16.5. The van der Waals surface area contributed by atoms with Crippen LogP contribution in [0.5, 0.6) is 11.5 Å². The van der Waals surface area contributed by atoms with Gasteiger partial charge in [-0.1, -0.05) is 24.3 Å². The topological polar surface area (TPSA) is 120 Å². The highest BCUT2D eigenvalue weighted by Crippen LogP contribution is 2.27. The summed E-state index contributed by atoms with van der Waals surface area (Å²) >= 11 is 0.860. The first-order valence-electron chi connectivity index (χ1n) is 10.7. The molecule has 1 heterocycles. The van der Waals surface area contributed by atoms with E-state index in [-0.39, 0.29) is 11.7 Å². The van der Waals surface area contributed by atoms with Crippen molar-refractivity contribution in [2.75, 3.05) is 7.11 Å². The molecule has 2 aromatic rings. The van der Waals surface area contributed by atoms with Crippen molar-refractivity contribution in [2.45, 2.75) is 38.8 Å². The summed E-state index contributed by atoms with van der Waals surface area (Å²) in [6, 6.07) is 13.2. The van der Waals surface area contributed by atoms with E-state index in [9.17, 15) is 19.2 Å². The van der Waals surface area contributed by atoms with Gasteiger partial charge >= 0.3 is 12.1 Å². The lowest BCUT2D eigenvalue weighted by atomic mass is 10.1. The Morgan fingerprint density at radius 3 is 2.14 bits per heavy atom. The Balaban J connectivity index is 1.61. The number of thioether (sulfide) groups is 1. The van der Waals surface area contributed by atoms with Gasteiger partial charge in [-0.3, -0.25) is 14.9 Å². The summed E-state index contributed by atoms with van der Waals surface area (Å²) in [5, 5.41) is 4.38. The molecule has 1 saturated heterocycles. The average Bonchev–Trinajstić information content (AvgIpc) is 3.10. The van der Waals surface area contributed by atoms with Gasteiger partial charge in [0.1, 0.15) is 23.1 Å². The average molecular weight is 499 g/mol. The number of carbonyl (C=O) groups excluding carboxylic acids is 4. The van der Waals surface area contributed by atoms with Gasteiger partial charge in [0.15, 0.2) is 0 Å². The van der Waals surface area contributed by atoms with E-state index in [1.54, 1.807) is 75.4 Å². The summed E-state index contributed by atoms with van der Waals surface area (Å²) in [7, 11) is 1.26. The van der Waals surface area contributed by atoms with Crippen molar-refractivity contribution in [1.29, 1.82) is 0 Å². The molecule has 10 heteroatoms. The fourth-order valence-corrected chi connectivity index (χ4v) is 3.74. The zero-order valence-electron chi connectivity index (χ0n) is 19.7. The van der Waals surface area contributed by atoms with Crippen LogP contribution in [0.25, 0.3) is 6.08 Å². The third-order valence-corrected chi connectivity index (χ3v) is 5.41. The number of alkyl carbamates (subject to hydrolysis) is 1. The van der Waals surface area contributed by atoms with Crippen LogP contribution in [-0.2, 0) is 25.5 Å². The predicted octanol–water partition coefficient (Wildman–Crippen LogP) is 4.41. The van der Waals surface area contributed by atoms with E-state index >= 15 is 0 Å². The quantitative estimate of drug-likeness (QED) is 0.425. The van der Waals surface area contributed by atoms with Crippen LogP contribution in [0.1, 0.15) is 31.9 Å². The van der Waals surface area contributed by atoms with Crippen LogP contribution in [-0.4, -0.2) is 42.0 Å². The predicted molar refractivity (Wildman–Crippen MR) is 131 cm³/mol. The second-order valence-corrected chi connectivity index (χ2v) is 9.61. The van der Waals surface area contributed by atoms with Crippen molar-refractivity contribution in [1.82, 2.24) is 10.6 Å². The minimum Gasteiger partial charge on any atom is -0.467 e. The molecule has 3 rings (SSSR count). The number of rotatable bonds is 7. The molecule has 9 nitrogen and oxygen atoms in total. The van der Waals surface area contributed by atoms with Crippen molar-refractivity contribution < 1.29 is 33.4 Å². The Labute approximate surface area is 207 Å². The van der Waals surface area contributed by atoms with Gasteiger partial charge in [0, 0.05) is 6.42 Å². The van der Waals surface area contributed by atoms with Gasteiger partial charge in [0.25, 0.3) is 11.1 Å². The number of amides is 3. The molecule has 35 heavy (non-hydrogen) atoms. The van der Waals surface area contributed by atoms with E-state index in [0.29, 0.717) is 16.4 Å². The molecule has 2 aromatic carbocycles. The highest BCUT2D eigenvalue weighted by molar-refractivity contribution is 8.18. The first-order valence-corrected chi connectivity index (χ1v) is 11.5. The van der Waals surface area contributed by atoms with E-state index in [2.05, 4.69) is 10.6 Å². The molecule has 1 unspecified atom stereocenters. The van der Waals surface area contributed by atoms with Crippen LogP contribution in [0.4, 0.5) is 9.59 Å². The van der Waals surface area contributed by atoms with Gasteiger partial charge in [0.2, 0.25) is 0 Å². The molecule has 0 aromatic heterocycles. The van der Waals surface area contributed by atoms with Crippen LogP contribution in [0.3, 0.4) is 0 Å². The number of hydrogen-bond acceptors (Lipinski definition) is 8. The smallest absolute Gasteiger partial charge is 0.408 e. The maximum absolute atomic E-state index is 12.1. The normalized spacial score (nSPS) is 15.4. The largest absolute Gasteiger partial charge is 0.467 e. The summed E-state index contributed by atoms with van der Waals surface area (Å²) in [5.74, 6) is 0.171. The number of imide groups is 1. The number of nitrogens with one attached hydrogen (secondary N) is 2. The minimum atomic E-state index is -0.904. The van der Waals surface area contributed by atoms with Gasteiger partial charge in [0.05, 0.1) is 12.0 Å². The summed E-state index contributed by atoms with van der Waals surface area (Å²) in [5.41, 5.74) is 0.848. The van der Waals surface area contributed by atoms with E-state index in [1.165, 1.54) is 7.11 Å². The summed E-state index contributed by atoms with van der Waals surface area (Å²) in [6.07, 6.45) is 1.14. The van der Waals surface area contributed by atoms with Crippen LogP contribution < -0.4 is 15.4 Å². The molecule has 2 N–H and O–H groups in total. The highest BCUT2D eigenvalue weighted by atomic mass is 32.2. The zero-order valence-corrected chi connectivity index (χ0v) is 20.6. The van der Waals surface area contributed by atoms with E-state index in [1.807, 2.05) is 0 Å². The molecule has 1 atom stereocenters. The van der Waals surface area contributed by atoms with Crippen molar-refractivity contribution in [3.8, 4) is 11.5 Å². The number of benzene rings is 2. The number of ether oxygens (including phenoxy) is 3. The summed E-state index contributed by atoms with van der Waals surface area (Å²) in [6.45, 7) is 5.20. The van der Waals surface area contributed by atoms with Gasteiger partial charge in [-0.15, -0.1) is 0 Å². The molecule has 3 amide bonds. The SMILES string of the molecule is COC(=O)C(Cc1ccc(Oc2ccc(/C=C3\SC(=O)NC3=O)cc2)cc1)NC(=O)OC(C)(C)C. The Morgan fingerprint density at radius 2 is 1.63 bits per heavy atom. The van der Waals surface area contributed by atoms with Gasteiger partial charge in [-0.25, -0.2) is 9.59 Å². The van der Waals surface area contributed by atoms with Gasteiger partial charge in [-0.2, -0.15) is 0 Å². The molecule has 0 saturated carbocycles. The van der Waals surface area contributed by atoms with Crippen molar-refractivity contribution in [3.63, 3.8) is 0 Å². The first kappa shape index (κ1) is 25.8. The lowest BCUT2D eigenvalue weighted by Crippen LogP contribution is -2.45. The van der Waals surface area contributed by atoms with Crippen LogP contribution in [0, 0.1) is 0 Å². The van der Waals surface area contributed by atoms with Crippen LogP contribution in [0.15, 0.2) is 53.4 Å². The number of esters is 1. The molecule has 0 spiro atoms. The molecular weight excluding hydrogens is 472 g/mol. The van der Waals surface area contributed by atoms with Crippen molar-refractivity contribution in [2.24, 2.45) is 0 Å². The Bertz CT molecular complexity index is 1140. The second-order valence-electron chi connectivity index (χ2n) is 8.59. The lowest BCUT2D eigenvalue weighted by molar-refractivity contribution is -0.143. The molecule has 1 aliphatic heterocycles. The Hall–Kier alpha value is -3.79. The molecule has 184 valence electrons. The Morgan fingerprint density at radius 1 is 1.03 bits per heavy atom. The highest BCUT2D eigenvalue weighted by Gasteiger charge is 2.26. The molecular formula is C25H26N2O7S. The van der Waals surface area contributed by atoms with E-state index in [0.717, 1.165) is 22.9 Å². The maximum atomic E-state index is 12.1. The third kappa shape index (κ3) is 7.89.